The number of fused-ring (bicyclic) bond motifs is 16. The van der Waals surface area contributed by atoms with Crippen LogP contribution in [0.3, 0.4) is 0 Å². The molecule has 10 aromatic carbocycles. The molecule has 274 valence electrons. The molecule has 3 aliphatic rings. The van der Waals surface area contributed by atoms with Gasteiger partial charge in [0.05, 0.1) is 10.8 Å². The van der Waals surface area contributed by atoms with Gasteiger partial charge >= 0.3 is 0 Å². The molecule has 0 aromatic heterocycles. The van der Waals surface area contributed by atoms with Crippen molar-refractivity contribution in [3.63, 3.8) is 0 Å². The van der Waals surface area contributed by atoms with Gasteiger partial charge in [-0.15, -0.1) is 0 Å². The first kappa shape index (κ1) is 32.6. The third-order valence-corrected chi connectivity index (χ3v) is 13.6. The lowest BCUT2D eigenvalue weighted by molar-refractivity contribution is 0.442. The van der Waals surface area contributed by atoms with E-state index in [1.165, 1.54) is 94.0 Å². The predicted octanol–water partition coefficient (Wildman–Crippen LogP) is 14.5. The van der Waals surface area contributed by atoms with Crippen LogP contribution in [0.1, 0.15) is 44.5 Å². The zero-order valence-corrected chi connectivity index (χ0v) is 32.2. The Balaban J connectivity index is 1.20. The van der Waals surface area contributed by atoms with Crippen LogP contribution in [0.25, 0.3) is 54.9 Å². The van der Waals surface area contributed by atoms with Crippen LogP contribution in [0, 0.1) is 0 Å². The molecule has 0 bridgehead atoms. The molecule has 10 aromatic rings. The summed E-state index contributed by atoms with van der Waals surface area (Å²) in [5, 5.41) is 4.79. The van der Waals surface area contributed by atoms with Crippen LogP contribution in [0.2, 0.25) is 0 Å². The van der Waals surface area contributed by atoms with Crippen molar-refractivity contribution in [2.75, 3.05) is 0 Å². The summed E-state index contributed by atoms with van der Waals surface area (Å²) in [4.78, 5) is 0. The summed E-state index contributed by atoms with van der Waals surface area (Å²) in [6.07, 6.45) is 0. The fourth-order valence-electron chi connectivity index (χ4n) is 11.4. The summed E-state index contributed by atoms with van der Waals surface area (Å²) < 4.78 is 7.16. The molecule has 1 aliphatic heterocycles. The van der Waals surface area contributed by atoms with Gasteiger partial charge in [-0.1, -0.05) is 206 Å². The number of hydrogen-bond acceptors (Lipinski definition) is 1. The first-order chi connectivity index (χ1) is 29.3. The molecule has 59 heavy (non-hydrogen) atoms. The molecule has 1 atom stereocenters. The molecule has 1 nitrogen and oxygen atoms in total. The van der Waals surface area contributed by atoms with Gasteiger partial charge in [-0.2, -0.15) is 0 Å². The van der Waals surface area contributed by atoms with E-state index in [0.29, 0.717) is 0 Å². The van der Waals surface area contributed by atoms with Gasteiger partial charge in [0.1, 0.15) is 11.5 Å². The molecule has 1 heterocycles. The minimum absolute atomic E-state index is 0.592. The molecule has 2 aliphatic carbocycles. The van der Waals surface area contributed by atoms with Crippen molar-refractivity contribution in [3.8, 4) is 44.9 Å². The maximum atomic E-state index is 7.16. The average Bonchev–Trinajstić information content (AvgIpc) is 3.78. The molecule has 0 amide bonds. The molecule has 0 radical (unpaired) electrons. The molecule has 1 spiro atoms. The number of hydrogen-bond donors (Lipinski definition) is 0. The summed E-state index contributed by atoms with van der Waals surface area (Å²) in [7, 11) is 0. The number of benzene rings is 10. The van der Waals surface area contributed by atoms with Gasteiger partial charge < -0.3 is 4.74 Å². The van der Waals surface area contributed by atoms with Crippen molar-refractivity contribution >= 4 is 21.5 Å². The molecule has 13 rings (SSSR count). The van der Waals surface area contributed by atoms with E-state index in [1.807, 2.05) is 0 Å². The number of ether oxygens (including phenoxy) is 1. The normalized spacial score (nSPS) is 16.1. The van der Waals surface area contributed by atoms with Crippen molar-refractivity contribution in [1.29, 1.82) is 0 Å². The Morgan fingerprint density at radius 3 is 1.42 bits per heavy atom. The van der Waals surface area contributed by atoms with E-state index < -0.39 is 10.8 Å². The molecule has 0 saturated carbocycles. The van der Waals surface area contributed by atoms with Gasteiger partial charge in [0.15, 0.2) is 0 Å². The van der Waals surface area contributed by atoms with Gasteiger partial charge in [0.2, 0.25) is 0 Å². The fraction of sp³-hybridized carbons (Fsp3) is 0.0345. The Morgan fingerprint density at radius 2 is 0.763 bits per heavy atom. The van der Waals surface area contributed by atoms with Gasteiger partial charge in [0, 0.05) is 16.5 Å². The standard InChI is InChI=1S/C58H36O/c1-2-19-38(20-3-1)57(48-28-12-10-25-43(48)45-35-34-37-18-4-5-21-39(37)55(45)57)49-29-13-11-26-44(49)47-36-53-56(46-27-7-6-22-40(46)47)59-54-33-17-16-32-52(54)58(53)50-30-14-8-23-41(50)42-24-9-15-31-51(42)58/h1-36H. The molecular weight excluding hydrogens is 713 g/mol. The van der Waals surface area contributed by atoms with E-state index in [4.69, 9.17) is 4.74 Å². The highest BCUT2D eigenvalue weighted by Gasteiger charge is 2.52. The maximum Gasteiger partial charge on any atom is 0.140 e. The highest BCUT2D eigenvalue weighted by Crippen LogP contribution is 2.65. The van der Waals surface area contributed by atoms with E-state index in [-0.39, 0.29) is 0 Å². The minimum atomic E-state index is -0.616. The van der Waals surface area contributed by atoms with Crippen LogP contribution in [-0.4, -0.2) is 0 Å². The van der Waals surface area contributed by atoms with Crippen LogP contribution < -0.4 is 4.74 Å². The highest BCUT2D eigenvalue weighted by molar-refractivity contribution is 6.06. The summed E-state index contributed by atoms with van der Waals surface area (Å²) >= 11 is 0. The SMILES string of the molecule is c1ccc(C2(c3ccccc3-c3cc4c(c5ccccc35)Oc3ccccc3C43c4ccccc4-c4ccccc43)c3ccccc3-c3ccc4ccccc4c32)cc1. The third-order valence-electron chi connectivity index (χ3n) is 13.6. The largest absolute Gasteiger partial charge is 0.456 e. The lowest BCUT2D eigenvalue weighted by Crippen LogP contribution is -2.32. The van der Waals surface area contributed by atoms with Crippen molar-refractivity contribution in [2.24, 2.45) is 0 Å². The zero-order chi connectivity index (χ0) is 38.7. The zero-order valence-electron chi connectivity index (χ0n) is 32.2. The van der Waals surface area contributed by atoms with Crippen LogP contribution in [-0.2, 0) is 10.8 Å². The van der Waals surface area contributed by atoms with E-state index in [0.717, 1.165) is 16.9 Å². The molecule has 0 saturated heterocycles. The second-order valence-electron chi connectivity index (χ2n) is 16.2. The van der Waals surface area contributed by atoms with Gasteiger partial charge in [-0.25, -0.2) is 0 Å². The Bertz CT molecular complexity index is 3330. The summed E-state index contributed by atoms with van der Waals surface area (Å²) in [6, 6.07) is 81.2. The van der Waals surface area contributed by atoms with Crippen molar-refractivity contribution in [2.45, 2.75) is 10.8 Å². The van der Waals surface area contributed by atoms with Crippen molar-refractivity contribution in [3.05, 3.63) is 263 Å². The van der Waals surface area contributed by atoms with Crippen LogP contribution in [0.5, 0.6) is 11.5 Å². The number of para-hydroxylation sites is 1. The average molecular weight is 749 g/mol. The van der Waals surface area contributed by atoms with E-state index in [1.54, 1.807) is 0 Å². The van der Waals surface area contributed by atoms with E-state index in [2.05, 4.69) is 218 Å². The summed E-state index contributed by atoms with van der Waals surface area (Å²) in [5.74, 6) is 1.83. The lowest BCUT2D eigenvalue weighted by Gasteiger charge is -2.40. The van der Waals surface area contributed by atoms with Crippen LogP contribution >= 0.6 is 0 Å². The summed E-state index contributed by atoms with van der Waals surface area (Å²) in [5.41, 5.74) is 16.4. The molecule has 0 N–H and O–H groups in total. The van der Waals surface area contributed by atoms with Crippen molar-refractivity contribution < 1.29 is 4.74 Å². The Kier molecular flexibility index (Phi) is 6.64. The van der Waals surface area contributed by atoms with E-state index >= 15 is 0 Å². The predicted molar refractivity (Wildman–Crippen MR) is 242 cm³/mol. The molecule has 1 heteroatoms. The smallest absolute Gasteiger partial charge is 0.140 e. The Hall–Kier alpha value is -7.48. The molecule has 1 unspecified atom stereocenters. The van der Waals surface area contributed by atoms with Crippen LogP contribution in [0.15, 0.2) is 218 Å². The fourth-order valence-corrected chi connectivity index (χ4v) is 11.4. The molecular formula is C58H36O. The van der Waals surface area contributed by atoms with Crippen molar-refractivity contribution in [1.82, 2.24) is 0 Å². The molecule has 0 fully saturated rings. The second-order valence-corrected chi connectivity index (χ2v) is 16.2. The summed E-state index contributed by atoms with van der Waals surface area (Å²) in [6.45, 7) is 0. The second kappa shape index (κ2) is 12.0. The van der Waals surface area contributed by atoms with Gasteiger partial charge in [-0.05, 0) is 95.1 Å². The quantitative estimate of drug-likeness (QED) is 0.175. The Morgan fingerprint density at radius 1 is 0.288 bits per heavy atom. The number of rotatable bonds is 3. The minimum Gasteiger partial charge on any atom is -0.456 e. The maximum absolute atomic E-state index is 7.16. The monoisotopic (exact) mass is 748 g/mol. The first-order valence-electron chi connectivity index (χ1n) is 20.6. The van der Waals surface area contributed by atoms with Gasteiger partial charge in [0.25, 0.3) is 0 Å². The Labute approximate surface area is 343 Å². The van der Waals surface area contributed by atoms with Gasteiger partial charge in [-0.3, -0.25) is 0 Å². The third kappa shape index (κ3) is 4.09. The van der Waals surface area contributed by atoms with E-state index in [9.17, 15) is 0 Å². The van der Waals surface area contributed by atoms with Crippen LogP contribution in [0.4, 0.5) is 0 Å². The first-order valence-corrected chi connectivity index (χ1v) is 20.6. The topological polar surface area (TPSA) is 9.23 Å². The highest BCUT2D eigenvalue weighted by atomic mass is 16.5. The lowest BCUT2D eigenvalue weighted by atomic mass is 9.63.